The Morgan fingerprint density at radius 1 is 1.26 bits per heavy atom. The monoisotopic (exact) mass is 299 g/mol. The van der Waals surface area contributed by atoms with Gasteiger partial charge in [-0.25, -0.2) is 8.42 Å². The summed E-state index contributed by atoms with van der Waals surface area (Å²) in [7, 11) is 3.02. The van der Waals surface area contributed by atoms with Crippen LogP contribution in [0.4, 0.5) is 0 Å². The molecular weight excluding hydrogens is 286 g/mol. The molecule has 0 unspecified atom stereocenters. The summed E-state index contributed by atoms with van der Waals surface area (Å²) in [6, 6.07) is 8.15. The van der Waals surface area contributed by atoms with E-state index in [9.17, 15) is 8.42 Å². The highest BCUT2D eigenvalue weighted by atomic mass is 35.7. The van der Waals surface area contributed by atoms with E-state index >= 15 is 0 Å². The lowest BCUT2D eigenvalue weighted by Gasteiger charge is -2.03. The van der Waals surface area contributed by atoms with E-state index in [0.29, 0.717) is 12.2 Å². The van der Waals surface area contributed by atoms with Gasteiger partial charge in [0.1, 0.15) is 5.82 Å². The van der Waals surface area contributed by atoms with Crippen molar-refractivity contribution in [1.29, 1.82) is 0 Å². The van der Waals surface area contributed by atoms with E-state index in [4.69, 9.17) is 10.7 Å². The minimum Gasteiger partial charge on any atom is -0.304 e. The van der Waals surface area contributed by atoms with Gasteiger partial charge in [0.15, 0.2) is 0 Å². The van der Waals surface area contributed by atoms with Gasteiger partial charge in [0.25, 0.3) is 14.2 Å². The van der Waals surface area contributed by atoms with Crippen LogP contribution in [0, 0.1) is 6.92 Å². The molecule has 0 atom stereocenters. The first-order chi connectivity index (χ1) is 8.88. The van der Waals surface area contributed by atoms with Crippen molar-refractivity contribution in [3.8, 4) is 0 Å². The highest BCUT2D eigenvalue weighted by Gasteiger charge is 2.19. The van der Waals surface area contributed by atoms with Crippen LogP contribution >= 0.6 is 10.7 Å². The standard InChI is InChI=1S/C12H14ClN3O2S/c1-9-4-3-5-10(8-9)6-7-11-14-15-12(16(11)2)19(13,17)18/h3-5,8H,6-7H2,1-2H3. The van der Waals surface area contributed by atoms with Gasteiger partial charge >= 0.3 is 0 Å². The third-order valence-corrected chi connectivity index (χ3v) is 4.07. The molecule has 0 spiro atoms. The Balaban J connectivity index is 2.15. The number of aromatic nitrogens is 3. The Hall–Kier alpha value is -1.40. The molecular formula is C12H14ClN3O2S. The van der Waals surface area contributed by atoms with Crippen LogP contribution < -0.4 is 0 Å². The summed E-state index contributed by atoms with van der Waals surface area (Å²) in [6.07, 6.45) is 1.38. The van der Waals surface area contributed by atoms with Gasteiger partial charge in [0.2, 0.25) is 0 Å². The fourth-order valence-corrected chi connectivity index (χ4v) is 2.87. The van der Waals surface area contributed by atoms with Gasteiger partial charge < -0.3 is 4.57 Å². The van der Waals surface area contributed by atoms with Gasteiger partial charge in [-0.1, -0.05) is 29.8 Å². The third-order valence-electron chi connectivity index (χ3n) is 2.86. The van der Waals surface area contributed by atoms with E-state index in [1.807, 2.05) is 25.1 Å². The van der Waals surface area contributed by atoms with Gasteiger partial charge in [-0.05, 0) is 18.9 Å². The molecule has 1 aromatic heterocycles. The first kappa shape index (κ1) is 14.0. The number of nitrogens with zero attached hydrogens (tertiary/aromatic N) is 3. The molecule has 0 aliphatic carbocycles. The number of rotatable bonds is 4. The summed E-state index contributed by atoms with van der Waals surface area (Å²) in [6.45, 7) is 2.03. The lowest BCUT2D eigenvalue weighted by molar-refractivity contribution is 0.590. The predicted molar refractivity (Wildman–Crippen MR) is 72.6 cm³/mol. The molecule has 0 saturated carbocycles. The van der Waals surface area contributed by atoms with E-state index in [1.165, 1.54) is 15.7 Å². The third kappa shape index (κ3) is 3.33. The number of hydrogen-bond donors (Lipinski definition) is 0. The molecule has 19 heavy (non-hydrogen) atoms. The highest BCUT2D eigenvalue weighted by molar-refractivity contribution is 8.13. The Morgan fingerprint density at radius 3 is 2.58 bits per heavy atom. The summed E-state index contributed by atoms with van der Waals surface area (Å²) in [5, 5.41) is 7.26. The predicted octanol–water partition coefficient (Wildman–Crippen LogP) is 1.84. The van der Waals surface area contributed by atoms with Crippen LogP contribution in [0.25, 0.3) is 0 Å². The lowest BCUT2D eigenvalue weighted by Crippen LogP contribution is -2.06. The fourth-order valence-electron chi connectivity index (χ4n) is 1.90. The molecule has 0 bridgehead atoms. The van der Waals surface area contributed by atoms with Crippen molar-refractivity contribution < 1.29 is 8.42 Å². The fraction of sp³-hybridized carbons (Fsp3) is 0.333. The molecule has 1 heterocycles. The second-order valence-corrected chi connectivity index (χ2v) is 6.84. The molecule has 0 aliphatic heterocycles. The van der Waals surface area contributed by atoms with E-state index < -0.39 is 9.05 Å². The topological polar surface area (TPSA) is 64.8 Å². The lowest BCUT2D eigenvalue weighted by atomic mass is 10.1. The van der Waals surface area contributed by atoms with E-state index in [-0.39, 0.29) is 5.16 Å². The van der Waals surface area contributed by atoms with Crippen molar-refractivity contribution in [3.63, 3.8) is 0 Å². The highest BCUT2D eigenvalue weighted by Crippen LogP contribution is 2.14. The average molecular weight is 300 g/mol. The first-order valence-corrected chi connectivity index (χ1v) is 8.07. The van der Waals surface area contributed by atoms with Crippen LogP contribution in [-0.4, -0.2) is 23.2 Å². The Labute approximate surface area is 116 Å². The van der Waals surface area contributed by atoms with Crippen LogP contribution in [-0.2, 0) is 28.9 Å². The van der Waals surface area contributed by atoms with Crippen molar-refractivity contribution >= 4 is 19.7 Å². The Morgan fingerprint density at radius 2 is 2.00 bits per heavy atom. The molecule has 0 amide bonds. The van der Waals surface area contributed by atoms with Gasteiger partial charge in [0, 0.05) is 24.2 Å². The summed E-state index contributed by atoms with van der Waals surface area (Å²) in [5.41, 5.74) is 2.37. The molecule has 0 aliphatic rings. The minimum atomic E-state index is -3.84. The summed E-state index contributed by atoms with van der Waals surface area (Å²) >= 11 is 0. The Kier molecular flexibility index (Phi) is 3.91. The van der Waals surface area contributed by atoms with Gasteiger partial charge in [-0.3, -0.25) is 0 Å². The van der Waals surface area contributed by atoms with E-state index in [0.717, 1.165) is 6.42 Å². The van der Waals surface area contributed by atoms with Gasteiger partial charge in [-0.2, -0.15) is 0 Å². The minimum absolute atomic E-state index is 0.214. The Bertz CT molecular complexity index is 695. The zero-order valence-electron chi connectivity index (χ0n) is 10.7. The van der Waals surface area contributed by atoms with Crippen LogP contribution in [0.1, 0.15) is 17.0 Å². The van der Waals surface area contributed by atoms with Gasteiger partial charge in [-0.15, -0.1) is 10.2 Å². The average Bonchev–Trinajstić information content (AvgIpc) is 2.68. The molecule has 2 aromatic rings. The molecule has 5 nitrogen and oxygen atoms in total. The molecule has 0 saturated heterocycles. The SMILES string of the molecule is Cc1cccc(CCc2nnc(S(=O)(=O)Cl)n2C)c1. The summed E-state index contributed by atoms with van der Waals surface area (Å²) in [4.78, 5) is 0. The van der Waals surface area contributed by atoms with Crippen molar-refractivity contribution in [3.05, 3.63) is 41.2 Å². The van der Waals surface area contributed by atoms with Crippen molar-refractivity contribution in [2.75, 3.05) is 0 Å². The number of aryl methyl sites for hydroxylation is 3. The molecule has 7 heteroatoms. The summed E-state index contributed by atoms with van der Waals surface area (Å²) < 4.78 is 23.9. The van der Waals surface area contributed by atoms with Crippen LogP contribution in [0.3, 0.4) is 0 Å². The van der Waals surface area contributed by atoms with Crippen LogP contribution in [0.15, 0.2) is 29.4 Å². The maximum absolute atomic E-state index is 11.2. The zero-order valence-corrected chi connectivity index (χ0v) is 12.2. The number of halogens is 1. The molecule has 0 N–H and O–H groups in total. The normalized spacial score (nSPS) is 11.7. The molecule has 0 fully saturated rings. The van der Waals surface area contributed by atoms with Gasteiger partial charge in [0.05, 0.1) is 0 Å². The largest absolute Gasteiger partial charge is 0.304 e. The van der Waals surface area contributed by atoms with Crippen molar-refractivity contribution in [2.24, 2.45) is 7.05 Å². The molecule has 2 rings (SSSR count). The number of benzene rings is 1. The second kappa shape index (κ2) is 5.30. The maximum atomic E-state index is 11.2. The maximum Gasteiger partial charge on any atom is 0.296 e. The summed E-state index contributed by atoms with van der Waals surface area (Å²) in [5.74, 6) is 0.598. The van der Waals surface area contributed by atoms with Crippen molar-refractivity contribution in [2.45, 2.75) is 24.9 Å². The first-order valence-electron chi connectivity index (χ1n) is 5.76. The van der Waals surface area contributed by atoms with Crippen LogP contribution in [0.5, 0.6) is 0 Å². The number of hydrogen-bond acceptors (Lipinski definition) is 4. The van der Waals surface area contributed by atoms with E-state index in [2.05, 4.69) is 16.3 Å². The van der Waals surface area contributed by atoms with E-state index in [1.54, 1.807) is 7.05 Å². The van der Waals surface area contributed by atoms with Crippen molar-refractivity contribution in [1.82, 2.24) is 14.8 Å². The quantitative estimate of drug-likeness (QED) is 0.808. The molecule has 0 radical (unpaired) electrons. The zero-order chi connectivity index (χ0) is 14.0. The smallest absolute Gasteiger partial charge is 0.296 e. The van der Waals surface area contributed by atoms with Crippen LogP contribution in [0.2, 0.25) is 0 Å². The molecule has 1 aromatic carbocycles. The second-order valence-electron chi connectivity index (χ2n) is 4.38. The molecule has 102 valence electrons.